The summed E-state index contributed by atoms with van der Waals surface area (Å²) >= 11 is 2.17. The van der Waals surface area contributed by atoms with E-state index in [9.17, 15) is 10.1 Å². The normalized spacial score (nSPS) is 10.4. The van der Waals surface area contributed by atoms with Gasteiger partial charge in [0.25, 0.3) is 5.69 Å². The van der Waals surface area contributed by atoms with Crippen LogP contribution in [0.25, 0.3) is 22.1 Å². The molecule has 1 N–H and O–H groups in total. The Morgan fingerprint density at radius 2 is 2.07 bits per heavy atom. The summed E-state index contributed by atoms with van der Waals surface area (Å²) in [4.78, 5) is 19.7. The average Bonchev–Trinajstić information content (AvgIpc) is 3.13. The molecule has 0 aliphatic carbocycles. The van der Waals surface area contributed by atoms with E-state index in [4.69, 9.17) is 0 Å². The van der Waals surface area contributed by atoms with Gasteiger partial charge in [-0.2, -0.15) is 5.10 Å². The molecule has 144 valence electrons. The van der Waals surface area contributed by atoms with Gasteiger partial charge in [-0.3, -0.25) is 10.1 Å². The molecule has 29 heavy (non-hydrogen) atoms. The van der Waals surface area contributed by atoms with E-state index in [2.05, 4.69) is 48.3 Å². The molecular weight excluding hydrogens is 711 g/mol. The van der Waals surface area contributed by atoms with Crippen molar-refractivity contribution in [3.63, 3.8) is 0 Å². The van der Waals surface area contributed by atoms with Crippen LogP contribution in [0.5, 0.6) is 0 Å². The van der Waals surface area contributed by atoms with Crippen molar-refractivity contribution in [2.75, 3.05) is 12.4 Å². The summed E-state index contributed by atoms with van der Waals surface area (Å²) in [6.45, 7) is 0. The number of anilines is 2. The number of pyridine rings is 1. The molecule has 0 saturated heterocycles. The van der Waals surface area contributed by atoms with Crippen molar-refractivity contribution < 1.29 is 36.0 Å². The molecule has 0 atom stereocenters. The molecule has 0 unspecified atom stereocenters. The number of halogens is 1. The van der Waals surface area contributed by atoms with Crippen LogP contribution in [0.4, 0.5) is 23.0 Å². The fraction of sp³-hybridized carbons (Fsp3) is 0.0556. The summed E-state index contributed by atoms with van der Waals surface area (Å²) in [7, 11) is 1.51. The van der Waals surface area contributed by atoms with Crippen molar-refractivity contribution in [3.05, 3.63) is 74.0 Å². The third-order valence-corrected chi connectivity index (χ3v) is 4.88. The molecular formula is C18H13IN7O2U-. The van der Waals surface area contributed by atoms with Crippen molar-refractivity contribution in [2.45, 2.75) is 0 Å². The molecule has 0 aliphatic heterocycles. The number of fused-ring (bicyclic) bond motifs is 1. The summed E-state index contributed by atoms with van der Waals surface area (Å²) in [5, 5.41) is 22.5. The number of hydrogen-bond acceptors (Lipinski definition) is 6. The summed E-state index contributed by atoms with van der Waals surface area (Å²) < 4.78 is 2.64. The van der Waals surface area contributed by atoms with Crippen LogP contribution in [0.3, 0.4) is 0 Å². The fourth-order valence-corrected chi connectivity index (χ4v) is 3.35. The van der Waals surface area contributed by atoms with Crippen molar-refractivity contribution in [3.8, 4) is 11.3 Å². The first-order chi connectivity index (χ1) is 13.6. The molecule has 0 amide bonds. The number of nitrogens with zero attached hydrogens (tertiary/aromatic N) is 6. The van der Waals surface area contributed by atoms with Crippen LogP contribution in [0, 0.1) is 44.8 Å². The van der Waals surface area contributed by atoms with Gasteiger partial charge in [-0.05, 0) is 40.8 Å². The largest absolute Gasteiger partial charge is 0.681 e. The minimum absolute atomic E-state index is 0. The molecule has 1 aromatic carbocycles. The number of hydrogen-bond donors (Lipinski definition) is 1. The van der Waals surface area contributed by atoms with Gasteiger partial charge in [0.1, 0.15) is 0 Å². The monoisotopic (exact) mass is 724 g/mol. The minimum atomic E-state index is -0.466. The molecule has 0 saturated carbocycles. The van der Waals surface area contributed by atoms with Gasteiger partial charge in [0.2, 0.25) is 5.95 Å². The topological polar surface area (TPSA) is 112 Å². The van der Waals surface area contributed by atoms with Crippen LogP contribution in [0.15, 0.2) is 55.0 Å². The van der Waals surface area contributed by atoms with Crippen LogP contribution in [0.2, 0.25) is 0 Å². The summed E-state index contributed by atoms with van der Waals surface area (Å²) in [5.41, 5.74) is 3.27. The molecule has 3 heterocycles. The molecule has 4 rings (SSSR count). The molecule has 0 radical (unpaired) electrons. The van der Waals surface area contributed by atoms with Gasteiger partial charge in [-0.15, -0.1) is 7.05 Å². The molecule has 11 heteroatoms. The quantitative estimate of drug-likeness (QED) is 0.182. The van der Waals surface area contributed by atoms with Crippen LogP contribution in [-0.4, -0.2) is 31.6 Å². The second kappa shape index (κ2) is 9.06. The second-order valence-electron chi connectivity index (χ2n) is 5.79. The van der Waals surface area contributed by atoms with Gasteiger partial charge >= 0.3 is 0 Å². The Labute approximate surface area is 203 Å². The third-order valence-electron chi connectivity index (χ3n) is 4.09. The zero-order valence-electron chi connectivity index (χ0n) is 15.1. The molecule has 9 nitrogen and oxygen atoms in total. The van der Waals surface area contributed by atoms with Gasteiger partial charge in [0.15, 0.2) is 0 Å². The summed E-state index contributed by atoms with van der Waals surface area (Å²) in [6.07, 6.45) is 5.32. The Hall–Kier alpha value is -2.23. The van der Waals surface area contributed by atoms with Crippen LogP contribution in [-0.2, 0) is 0 Å². The number of nitrogens with one attached hydrogen (secondary N) is 1. The number of nitro groups is 1. The number of benzene rings is 1. The second-order valence-corrected chi connectivity index (χ2v) is 6.95. The van der Waals surface area contributed by atoms with E-state index in [1.807, 2.05) is 24.4 Å². The molecule has 3 aromatic heterocycles. The molecule has 0 spiro atoms. The predicted molar refractivity (Wildman–Crippen MR) is 114 cm³/mol. The van der Waals surface area contributed by atoms with E-state index < -0.39 is 4.92 Å². The minimum Gasteiger partial charge on any atom is -0.681 e. The van der Waals surface area contributed by atoms with Gasteiger partial charge < -0.3 is 10.6 Å². The van der Waals surface area contributed by atoms with Crippen LogP contribution >= 0.6 is 22.6 Å². The third kappa shape index (κ3) is 4.36. The van der Waals surface area contributed by atoms with Gasteiger partial charge in [-0.1, -0.05) is 17.8 Å². The van der Waals surface area contributed by atoms with E-state index in [-0.39, 0.29) is 36.8 Å². The number of rotatable bonds is 5. The molecule has 0 bridgehead atoms. The first-order valence-corrected chi connectivity index (χ1v) is 9.25. The molecule has 0 fully saturated rings. The molecule has 0 aliphatic rings. The average molecular weight is 724 g/mol. The summed E-state index contributed by atoms with van der Waals surface area (Å²) in [5.74, 6) is 0.334. The maximum atomic E-state index is 11.2. The van der Waals surface area contributed by atoms with Crippen molar-refractivity contribution in [1.82, 2.24) is 19.6 Å². The standard InChI is InChI=1S/C18H13IN7O2.U/c1-20-14-6-5-11(8-16(14)26(27)28)23-18-21-10-13(19)17(24-18)12-9-22-25-7-3-2-4-15(12)25;/h2-10H,1H3,(H,21,23,24);/q-1;. The Morgan fingerprint density at radius 3 is 2.83 bits per heavy atom. The van der Waals surface area contributed by atoms with Crippen molar-refractivity contribution >= 4 is 51.1 Å². The zero-order valence-corrected chi connectivity index (χ0v) is 21.4. The first kappa shape index (κ1) is 21.5. The molecule has 4 aromatic rings. The van der Waals surface area contributed by atoms with E-state index in [0.29, 0.717) is 17.3 Å². The van der Waals surface area contributed by atoms with Crippen LogP contribution < -0.4 is 5.32 Å². The summed E-state index contributed by atoms with van der Waals surface area (Å²) in [6, 6.07) is 10.5. The SMILES string of the molecule is C[N-]c1ccc(Nc2ncc(I)c(-c3cnn4ccccc34)n2)cc1[N+](=O)[O-].[U]. The van der Waals surface area contributed by atoms with E-state index >= 15 is 0 Å². The maximum absolute atomic E-state index is 11.2. The number of aromatic nitrogens is 4. The fourth-order valence-electron chi connectivity index (χ4n) is 2.80. The van der Waals surface area contributed by atoms with Gasteiger partial charge in [0.05, 0.1) is 25.9 Å². The van der Waals surface area contributed by atoms with E-state index in [0.717, 1.165) is 20.3 Å². The van der Waals surface area contributed by atoms with Crippen molar-refractivity contribution in [1.29, 1.82) is 0 Å². The van der Waals surface area contributed by atoms with E-state index in [1.165, 1.54) is 13.1 Å². The van der Waals surface area contributed by atoms with E-state index in [1.54, 1.807) is 29.0 Å². The van der Waals surface area contributed by atoms with Gasteiger partial charge in [0, 0.05) is 60.8 Å². The Morgan fingerprint density at radius 1 is 1.24 bits per heavy atom. The zero-order chi connectivity index (χ0) is 19.7. The Kier molecular flexibility index (Phi) is 6.71. The van der Waals surface area contributed by atoms with Crippen molar-refractivity contribution in [2.24, 2.45) is 0 Å². The number of nitro benzene ring substituents is 1. The Balaban J connectivity index is 0.00000240. The first-order valence-electron chi connectivity index (χ1n) is 8.17. The maximum Gasteiger partial charge on any atom is 0.256 e. The van der Waals surface area contributed by atoms with Crippen LogP contribution in [0.1, 0.15) is 0 Å². The predicted octanol–water partition coefficient (Wildman–Crippen LogP) is 4.68. The van der Waals surface area contributed by atoms with Gasteiger partial charge in [-0.25, -0.2) is 14.5 Å². The smallest absolute Gasteiger partial charge is 0.256 e. The Bertz CT molecular complexity index is 1200.